The number of amides is 1. The third kappa shape index (κ3) is 2.29. The van der Waals surface area contributed by atoms with Gasteiger partial charge in [0.05, 0.1) is 17.4 Å². The summed E-state index contributed by atoms with van der Waals surface area (Å²) in [4.78, 5) is 24.2. The number of piperazine rings is 1. The number of nitrogens with one attached hydrogen (secondary N) is 1. The fraction of sp³-hybridized carbons (Fsp3) is 0.467. The van der Waals surface area contributed by atoms with Gasteiger partial charge in [0.2, 0.25) is 0 Å². The molecule has 1 aromatic heterocycles. The molecule has 1 unspecified atom stereocenters. The molecule has 1 N–H and O–H groups in total. The van der Waals surface area contributed by atoms with E-state index in [2.05, 4.69) is 28.7 Å². The maximum atomic E-state index is 12.6. The van der Waals surface area contributed by atoms with Gasteiger partial charge < -0.3 is 9.88 Å². The summed E-state index contributed by atoms with van der Waals surface area (Å²) in [5, 5.41) is 0. The Morgan fingerprint density at radius 2 is 2.30 bits per heavy atom. The van der Waals surface area contributed by atoms with E-state index in [0.717, 1.165) is 42.8 Å². The molecule has 20 heavy (non-hydrogen) atoms. The average Bonchev–Trinajstić information content (AvgIpc) is 2.93. The van der Waals surface area contributed by atoms with Crippen LogP contribution in [0, 0.1) is 0 Å². The van der Waals surface area contributed by atoms with Crippen LogP contribution in [-0.4, -0.2) is 57.9 Å². The van der Waals surface area contributed by atoms with Crippen molar-refractivity contribution < 1.29 is 4.79 Å². The van der Waals surface area contributed by atoms with Gasteiger partial charge in [-0.1, -0.05) is 6.92 Å². The second-order valence-corrected chi connectivity index (χ2v) is 5.36. The number of likely N-dealkylation sites (N-methyl/N-ethyl adjacent to an activating group) is 1. The molecule has 0 radical (unpaired) electrons. The summed E-state index contributed by atoms with van der Waals surface area (Å²) in [6.45, 7) is 7.95. The van der Waals surface area contributed by atoms with Crippen molar-refractivity contribution in [3.05, 3.63) is 30.1 Å². The van der Waals surface area contributed by atoms with Gasteiger partial charge in [0.1, 0.15) is 0 Å². The number of imidazole rings is 1. The van der Waals surface area contributed by atoms with E-state index < -0.39 is 0 Å². The van der Waals surface area contributed by atoms with Crippen LogP contribution in [0.4, 0.5) is 0 Å². The lowest BCUT2D eigenvalue weighted by Gasteiger charge is -2.39. The molecule has 1 aromatic carbocycles. The molecule has 0 aliphatic carbocycles. The first-order valence-electron chi connectivity index (χ1n) is 7.15. The van der Waals surface area contributed by atoms with Crippen LogP contribution >= 0.6 is 0 Å². The first-order chi connectivity index (χ1) is 9.69. The highest BCUT2D eigenvalue weighted by molar-refractivity contribution is 5.97. The van der Waals surface area contributed by atoms with Gasteiger partial charge in [-0.15, -0.1) is 0 Å². The molecule has 1 amide bonds. The molecule has 2 heterocycles. The first-order valence-corrected chi connectivity index (χ1v) is 7.15. The normalized spacial score (nSPS) is 20.5. The van der Waals surface area contributed by atoms with Crippen molar-refractivity contribution in [3.63, 3.8) is 0 Å². The number of nitrogens with zero attached hydrogens (tertiary/aromatic N) is 3. The topological polar surface area (TPSA) is 52.2 Å². The van der Waals surface area contributed by atoms with Gasteiger partial charge in [0.15, 0.2) is 0 Å². The molecule has 2 aromatic rings. The minimum atomic E-state index is 0.115. The van der Waals surface area contributed by atoms with E-state index in [1.807, 2.05) is 23.1 Å². The molecule has 5 nitrogen and oxygen atoms in total. The number of aromatic nitrogens is 2. The molecule has 1 aliphatic heterocycles. The van der Waals surface area contributed by atoms with E-state index in [4.69, 9.17) is 0 Å². The van der Waals surface area contributed by atoms with Crippen molar-refractivity contribution in [2.45, 2.75) is 19.9 Å². The SMILES string of the molecule is CCN1CCN(C(=O)c2ccc3nc[nH]c3c2)CC1C. The highest BCUT2D eigenvalue weighted by atomic mass is 16.2. The first kappa shape index (κ1) is 13.1. The summed E-state index contributed by atoms with van der Waals surface area (Å²) in [7, 11) is 0. The monoisotopic (exact) mass is 272 g/mol. The average molecular weight is 272 g/mol. The maximum absolute atomic E-state index is 12.6. The minimum Gasteiger partial charge on any atom is -0.345 e. The van der Waals surface area contributed by atoms with Gasteiger partial charge in [-0.2, -0.15) is 0 Å². The highest BCUT2D eigenvalue weighted by Gasteiger charge is 2.26. The molecule has 0 bridgehead atoms. The lowest BCUT2D eigenvalue weighted by Crippen LogP contribution is -2.53. The van der Waals surface area contributed by atoms with Crippen molar-refractivity contribution in [1.82, 2.24) is 19.8 Å². The fourth-order valence-corrected chi connectivity index (χ4v) is 2.90. The van der Waals surface area contributed by atoms with Gasteiger partial charge in [-0.05, 0) is 31.7 Å². The Kier molecular flexibility index (Phi) is 3.44. The molecular formula is C15H20N4O. The predicted molar refractivity (Wildman–Crippen MR) is 78.7 cm³/mol. The summed E-state index contributed by atoms with van der Waals surface area (Å²) in [5.41, 5.74) is 2.54. The Hall–Kier alpha value is -1.88. The van der Waals surface area contributed by atoms with E-state index >= 15 is 0 Å². The van der Waals surface area contributed by atoms with Gasteiger partial charge in [-0.25, -0.2) is 4.98 Å². The zero-order valence-corrected chi connectivity index (χ0v) is 12.0. The van der Waals surface area contributed by atoms with Gasteiger partial charge >= 0.3 is 0 Å². The third-order valence-electron chi connectivity index (χ3n) is 4.13. The highest BCUT2D eigenvalue weighted by Crippen LogP contribution is 2.16. The van der Waals surface area contributed by atoms with Crippen LogP contribution in [0.25, 0.3) is 11.0 Å². The molecule has 5 heteroatoms. The summed E-state index contributed by atoms with van der Waals surface area (Å²) in [6, 6.07) is 6.07. The summed E-state index contributed by atoms with van der Waals surface area (Å²) in [5.74, 6) is 0.115. The number of benzene rings is 1. The van der Waals surface area contributed by atoms with E-state index in [-0.39, 0.29) is 5.91 Å². The van der Waals surface area contributed by atoms with Crippen LogP contribution < -0.4 is 0 Å². The van der Waals surface area contributed by atoms with Crippen LogP contribution in [0.15, 0.2) is 24.5 Å². The molecule has 1 saturated heterocycles. The summed E-state index contributed by atoms with van der Waals surface area (Å²) >= 11 is 0. The van der Waals surface area contributed by atoms with E-state index in [0.29, 0.717) is 6.04 Å². The van der Waals surface area contributed by atoms with Crippen molar-refractivity contribution in [3.8, 4) is 0 Å². The molecule has 106 valence electrons. The molecular weight excluding hydrogens is 252 g/mol. The Labute approximate surface area is 118 Å². The molecule has 1 aliphatic rings. The smallest absolute Gasteiger partial charge is 0.254 e. The number of rotatable bonds is 2. The van der Waals surface area contributed by atoms with Crippen molar-refractivity contribution in [1.29, 1.82) is 0 Å². The standard InChI is InChI=1S/C15H20N4O/c1-3-18-6-7-19(9-11(18)2)15(20)12-4-5-13-14(8-12)17-10-16-13/h4-5,8,10-11H,3,6-7,9H2,1-2H3,(H,16,17). The van der Waals surface area contributed by atoms with Crippen LogP contribution in [0.1, 0.15) is 24.2 Å². The quantitative estimate of drug-likeness (QED) is 0.906. The molecule has 0 spiro atoms. The Morgan fingerprint density at radius 1 is 1.45 bits per heavy atom. The Balaban J connectivity index is 1.78. The molecule has 1 atom stereocenters. The van der Waals surface area contributed by atoms with Crippen molar-refractivity contribution in [2.75, 3.05) is 26.2 Å². The predicted octanol–water partition coefficient (Wildman–Crippen LogP) is 1.73. The maximum Gasteiger partial charge on any atom is 0.254 e. The molecule has 3 rings (SSSR count). The van der Waals surface area contributed by atoms with E-state index in [1.54, 1.807) is 6.33 Å². The zero-order chi connectivity index (χ0) is 14.1. The molecule has 1 fully saturated rings. The largest absolute Gasteiger partial charge is 0.345 e. The number of H-pyrrole nitrogens is 1. The number of fused-ring (bicyclic) bond motifs is 1. The number of aromatic amines is 1. The number of carbonyl (C=O) groups is 1. The Morgan fingerprint density at radius 3 is 3.05 bits per heavy atom. The molecule has 0 saturated carbocycles. The van der Waals surface area contributed by atoms with Crippen LogP contribution in [0.5, 0.6) is 0 Å². The van der Waals surface area contributed by atoms with Crippen molar-refractivity contribution in [2.24, 2.45) is 0 Å². The third-order valence-corrected chi connectivity index (χ3v) is 4.13. The van der Waals surface area contributed by atoms with Gasteiger partial charge in [0, 0.05) is 31.2 Å². The number of hydrogen-bond acceptors (Lipinski definition) is 3. The Bertz CT molecular complexity index is 621. The van der Waals surface area contributed by atoms with E-state index in [9.17, 15) is 4.79 Å². The summed E-state index contributed by atoms with van der Waals surface area (Å²) < 4.78 is 0. The lowest BCUT2D eigenvalue weighted by atomic mass is 10.1. The second-order valence-electron chi connectivity index (χ2n) is 5.36. The lowest BCUT2D eigenvalue weighted by molar-refractivity contribution is 0.0528. The van der Waals surface area contributed by atoms with Gasteiger partial charge in [0.25, 0.3) is 5.91 Å². The zero-order valence-electron chi connectivity index (χ0n) is 12.0. The number of carbonyl (C=O) groups excluding carboxylic acids is 1. The summed E-state index contributed by atoms with van der Waals surface area (Å²) in [6.07, 6.45) is 1.65. The minimum absolute atomic E-state index is 0.115. The van der Waals surface area contributed by atoms with Crippen LogP contribution in [-0.2, 0) is 0 Å². The van der Waals surface area contributed by atoms with E-state index in [1.165, 1.54) is 0 Å². The van der Waals surface area contributed by atoms with Gasteiger partial charge in [-0.3, -0.25) is 9.69 Å². The van der Waals surface area contributed by atoms with Crippen LogP contribution in [0.3, 0.4) is 0 Å². The van der Waals surface area contributed by atoms with Crippen LogP contribution in [0.2, 0.25) is 0 Å². The fourth-order valence-electron chi connectivity index (χ4n) is 2.90. The number of hydrogen-bond donors (Lipinski definition) is 1. The second kappa shape index (κ2) is 5.25. The van der Waals surface area contributed by atoms with Crippen molar-refractivity contribution >= 4 is 16.9 Å².